The van der Waals surface area contributed by atoms with Crippen molar-refractivity contribution in [3.63, 3.8) is 0 Å². The maximum atomic E-state index is 12.0. The summed E-state index contributed by atoms with van der Waals surface area (Å²) in [5.74, 6) is 0.0581. The molecule has 1 saturated carbocycles. The van der Waals surface area contributed by atoms with Crippen LogP contribution in [-0.4, -0.2) is 50.2 Å². The first-order valence-corrected chi connectivity index (χ1v) is 10.2. The van der Waals surface area contributed by atoms with Gasteiger partial charge in [-0.15, -0.1) is 0 Å². The number of aromatic amines is 1. The van der Waals surface area contributed by atoms with E-state index in [4.69, 9.17) is 15.2 Å². The van der Waals surface area contributed by atoms with Crippen molar-refractivity contribution >= 4 is 12.0 Å². The molecule has 0 radical (unpaired) electrons. The van der Waals surface area contributed by atoms with Gasteiger partial charge >= 0.3 is 6.09 Å². The fraction of sp³-hybridized carbons (Fsp3) is 0.600. The van der Waals surface area contributed by atoms with Crippen molar-refractivity contribution in [3.05, 3.63) is 23.5 Å². The maximum Gasteiger partial charge on any atom is 0.407 e. The Hall–Kier alpha value is -2.88. The summed E-state index contributed by atoms with van der Waals surface area (Å²) in [4.78, 5) is 23.7. The third-order valence-electron chi connectivity index (χ3n) is 5.08. The van der Waals surface area contributed by atoms with E-state index in [2.05, 4.69) is 20.6 Å². The number of nitrogens with zero attached hydrogens (tertiary/aromatic N) is 3. The number of amides is 2. The number of ether oxygens (including phenoxy) is 2. The molecule has 0 aromatic carbocycles. The van der Waals surface area contributed by atoms with E-state index in [0.29, 0.717) is 42.6 Å². The van der Waals surface area contributed by atoms with Crippen LogP contribution in [0.1, 0.15) is 62.3 Å². The summed E-state index contributed by atoms with van der Waals surface area (Å²) >= 11 is 0. The van der Waals surface area contributed by atoms with E-state index >= 15 is 0 Å². The van der Waals surface area contributed by atoms with Crippen molar-refractivity contribution < 1.29 is 19.1 Å². The van der Waals surface area contributed by atoms with Crippen LogP contribution in [-0.2, 0) is 16.0 Å². The highest BCUT2D eigenvalue weighted by Gasteiger charge is 2.32. The van der Waals surface area contributed by atoms with Gasteiger partial charge in [0, 0.05) is 18.5 Å². The van der Waals surface area contributed by atoms with Crippen LogP contribution in [0.2, 0.25) is 0 Å². The highest BCUT2D eigenvalue weighted by Crippen LogP contribution is 2.33. The number of aromatic nitrogens is 4. The summed E-state index contributed by atoms with van der Waals surface area (Å²) in [5.41, 5.74) is 7.50. The lowest BCUT2D eigenvalue weighted by atomic mass is 10.1. The second-order valence-electron chi connectivity index (χ2n) is 9.07. The Bertz CT molecular complexity index is 939. The lowest BCUT2D eigenvalue weighted by molar-refractivity contribution is 0.0661. The lowest BCUT2D eigenvalue weighted by Gasteiger charge is -2.21. The smallest absolute Gasteiger partial charge is 0.407 e. The molecule has 0 spiro atoms. The molecule has 4 rings (SSSR count). The fourth-order valence-corrected chi connectivity index (χ4v) is 3.44. The summed E-state index contributed by atoms with van der Waals surface area (Å²) in [6, 6.07) is 3.51. The molecular weight excluding hydrogens is 388 g/mol. The molecule has 162 valence electrons. The van der Waals surface area contributed by atoms with Crippen molar-refractivity contribution in [2.45, 2.75) is 64.3 Å². The fourth-order valence-electron chi connectivity index (χ4n) is 3.44. The number of rotatable bonds is 6. The number of H-pyrrole nitrogens is 1. The van der Waals surface area contributed by atoms with Gasteiger partial charge in [0.25, 0.3) is 5.91 Å². The molecule has 10 heteroatoms. The summed E-state index contributed by atoms with van der Waals surface area (Å²) in [6.45, 7) is 6.69. The van der Waals surface area contributed by atoms with E-state index in [1.54, 1.807) is 10.7 Å². The number of primary amides is 1. The standard InChI is InChI=1S/C20H28N6O4/c1-20(2,3)22-19(28)30-12-6-17(29-10-12)15-7-13(23-24-15)14-8-16(18(21)27)26(25-14)9-11-4-5-11/h7-8,11-12,17H,4-6,9-10H2,1-3H3,(H2,21,27)(H,22,28)(H,23,24). The van der Waals surface area contributed by atoms with Crippen molar-refractivity contribution in [3.8, 4) is 11.4 Å². The predicted molar refractivity (Wildman–Crippen MR) is 108 cm³/mol. The number of alkyl carbamates (subject to hydrolysis) is 1. The molecule has 2 aliphatic rings. The zero-order valence-electron chi connectivity index (χ0n) is 17.5. The second-order valence-corrected chi connectivity index (χ2v) is 9.07. The Morgan fingerprint density at radius 1 is 1.33 bits per heavy atom. The summed E-state index contributed by atoms with van der Waals surface area (Å²) in [6.07, 6.45) is 1.78. The highest BCUT2D eigenvalue weighted by molar-refractivity contribution is 5.92. The second kappa shape index (κ2) is 7.75. The average molecular weight is 416 g/mol. The van der Waals surface area contributed by atoms with Crippen LogP contribution in [0.25, 0.3) is 11.4 Å². The normalized spacial score (nSPS) is 21.6. The zero-order valence-corrected chi connectivity index (χ0v) is 17.5. The molecule has 2 unspecified atom stereocenters. The minimum Gasteiger partial charge on any atom is -0.444 e. The molecule has 2 amide bonds. The Morgan fingerprint density at radius 3 is 2.77 bits per heavy atom. The third-order valence-corrected chi connectivity index (χ3v) is 5.08. The molecule has 1 aliphatic carbocycles. The highest BCUT2D eigenvalue weighted by atomic mass is 16.6. The van der Waals surface area contributed by atoms with Crippen molar-refractivity contribution in [1.82, 2.24) is 25.3 Å². The molecule has 10 nitrogen and oxygen atoms in total. The summed E-state index contributed by atoms with van der Waals surface area (Å²) in [7, 11) is 0. The van der Waals surface area contributed by atoms with Gasteiger partial charge in [-0.25, -0.2) is 4.79 Å². The molecular formula is C20H28N6O4. The van der Waals surface area contributed by atoms with Gasteiger partial charge in [-0.1, -0.05) is 0 Å². The molecule has 2 aromatic heterocycles. The van der Waals surface area contributed by atoms with E-state index < -0.39 is 12.0 Å². The first kappa shape index (κ1) is 20.4. The SMILES string of the molecule is CC(C)(C)NC(=O)OC1COC(c2cc(-c3cc(C(N)=O)n(CC4CC4)n3)n[nH]2)C1. The van der Waals surface area contributed by atoms with Crippen LogP contribution in [0, 0.1) is 5.92 Å². The summed E-state index contributed by atoms with van der Waals surface area (Å²) in [5, 5.41) is 14.6. The number of hydrogen-bond acceptors (Lipinski definition) is 6. The molecule has 4 N–H and O–H groups in total. The monoisotopic (exact) mass is 416 g/mol. The first-order chi connectivity index (χ1) is 14.2. The van der Waals surface area contributed by atoms with Crippen LogP contribution < -0.4 is 11.1 Å². The molecule has 1 aliphatic heterocycles. The number of nitrogens with two attached hydrogens (primary N) is 1. The van der Waals surface area contributed by atoms with Gasteiger partial charge in [-0.2, -0.15) is 10.2 Å². The number of hydrogen-bond donors (Lipinski definition) is 3. The maximum absolute atomic E-state index is 12.0. The topological polar surface area (TPSA) is 137 Å². The molecule has 0 bridgehead atoms. The quantitative estimate of drug-likeness (QED) is 0.660. The third kappa shape index (κ3) is 4.81. The number of carbonyl (C=O) groups is 2. The van der Waals surface area contributed by atoms with Crippen LogP contribution >= 0.6 is 0 Å². The minimum absolute atomic E-state index is 0.261. The molecule has 2 atom stereocenters. The van der Waals surface area contributed by atoms with Gasteiger partial charge in [-0.05, 0) is 51.7 Å². The van der Waals surface area contributed by atoms with Crippen LogP contribution in [0.3, 0.4) is 0 Å². The Balaban J connectivity index is 1.41. The Morgan fingerprint density at radius 2 is 2.10 bits per heavy atom. The van der Waals surface area contributed by atoms with Crippen LogP contribution in [0.4, 0.5) is 4.79 Å². The Kier molecular flexibility index (Phi) is 5.27. The van der Waals surface area contributed by atoms with E-state index in [-0.39, 0.29) is 17.7 Å². The van der Waals surface area contributed by atoms with Crippen molar-refractivity contribution in [1.29, 1.82) is 0 Å². The van der Waals surface area contributed by atoms with Crippen LogP contribution in [0.15, 0.2) is 12.1 Å². The minimum atomic E-state index is -0.502. The van der Waals surface area contributed by atoms with E-state index in [0.717, 1.165) is 18.5 Å². The summed E-state index contributed by atoms with van der Waals surface area (Å²) < 4.78 is 12.9. The number of carbonyl (C=O) groups excluding carboxylic acids is 2. The molecule has 3 heterocycles. The lowest BCUT2D eigenvalue weighted by Crippen LogP contribution is -2.42. The molecule has 2 aromatic rings. The largest absolute Gasteiger partial charge is 0.444 e. The van der Waals surface area contributed by atoms with Gasteiger partial charge in [0.15, 0.2) is 0 Å². The van der Waals surface area contributed by atoms with Crippen LogP contribution in [0.5, 0.6) is 0 Å². The molecule has 1 saturated heterocycles. The zero-order chi connectivity index (χ0) is 21.5. The number of nitrogens with one attached hydrogen (secondary N) is 2. The van der Waals surface area contributed by atoms with E-state index in [1.165, 1.54) is 0 Å². The van der Waals surface area contributed by atoms with E-state index in [1.807, 2.05) is 26.8 Å². The van der Waals surface area contributed by atoms with Gasteiger partial charge < -0.3 is 20.5 Å². The van der Waals surface area contributed by atoms with Gasteiger partial charge in [-0.3, -0.25) is 14.6 Å². The molecule has 2 fully saturated rings. The van der Waals surface area contributed by atoms with Gasteiger partial charge in [0.2, 0.25) is 0 Å². The van der Waals surface area contributed by atoms with Crippen molar-refractivity contribution in [2.24, 2.45) is 11.7 Å². The van der Waals surface area contributed by atoms with Gasteiger partial charge in [0.05, 0.1) is 12.3 Å². The Labute approximate surface area is 174 Å². The van der Waals surface area contributed by atoms with E-state index in [9.17, 15) is 9.59 Å². The predicted octanol–water partition coefficient (Wildman–Crippen LogP) is 2.14. The average Bonchev–Trinajstić information content (AvgIpc) is 3.04. The van der Waals surface area contributed by atoms with Crippen molar-refractivity contribution in [2.75, 3.05) is 6.61 Å². The van der Waals surface area contributed by atoms with Gasteiger partial charge in [0.1, 0.15) is 29.3 Å². The molecule has 30 heavy (non-hydrogen) atoms. The first-order valence-electron chi connectivity index (χ1n) is 10.2.